The number of aromatic nitrogens is 1. The molecule has 4 aliphatic carbocycles. The second-order valence-electron chi connectivity index (χ2n) is 7.14. The molecule has 0 aromatic carbocycles. The lowest BCUT2D eigenvalue weighted by molar-refractivity contribution is -0.0474. The van der Waals surface area contributed by atoms with E-state index in [-0.39, 0.29) is 6.04 Å². The number of ether oxygens (including phenoxy) is 1. The summed E-state index contributed by atoms with van der Waals surface area (Å²) < 4.78 is 5.42. The van der Waals surface area contributed by atoms with E-state index in [0.717, 1.165) is 29.2 Å². The Labute approximate surface area is 120 Å². The average Bonchev–Trinajstić information content (AvgIpc) is 2.46. The van der Waals surface area contributed by atoms with Crippen LogP contribution in [0.5, 0.6) is 5.88 Å². The van der Waals surface area contributed by atoms with E-state index < -0.39 is 0 Å². The van der Waals surface area contributed by atoms with Crippen LogP contribution in [0.25, 0.3) is 0 Å². The molecule has 4 aliphatic rings. The standard InChI is InChI=1S/C17H24N2O/c1-20-17-14(3-2-4-19-17)16(18)15-12-6-10-5-11(8-12)9-13(15)7-10/h2-4,10-13,15-16H,5-9,18H2,1H3. The van der Waals surface area contributed by atoms with Gasteiger partial charge in [-0.15, -0.1) is 0 Å². The van der Waals surface area contributed by atoms with E-state index in [0.29, 0.717) is 11.8 Å². The Balaban J connectivity index is 1.64. The van der Waals surface area contributed by atoms with Crippen LogP contribution in [0.4, 0.5) is 0 Å². The SMILES string of the molecule is COc1ncccc1C(N)C1C2CC3CC(C2)CC1C3. The highest BCUT2D eigenvalue weighted by atomic mass is 16.5. The fraction of sp³-hybridized carbons (Fsp3) is 0.706. The van der Waals surface area contributed by atoms with Gasteiger partial charge >= 0.3 is 0 Å². The molecule has 3 nitrogen and oxygen atoms in total. The molecule has 1 heterocycles. The molecule has 0 saturated heterocycles. The van der Waals surface area contributed by atoms with Crippen LogP contribution in [0.1, 0.15) is 43.7 Å². The van der Waals surface area contributed by atoms with Gasteiger partial charge in [0, 0.05) is 17.8 Å². The molecule has 0 radical (unpaired) electrons. The predicted molar refractivity (Wildman–Crippen MR) is 78.3 cm³/mol. The highest BCUT2D eigenvalue weighted by Crippen LogP contribution is 2.59. The zero-order valence-corrected chi connectivity index (χ0v) is 12.2. The quantitative estimate of drug-likeness (QED) is 0.919. The van der Waals surface area contributed by atoms with Gasteiger partial charge < -0.3 is 10.5 Å². The Hall–Kier alpha value is -1.09. The lowest BCUT2D eigenvalue weighted by atomic mass is 9.50. The first-order valence-electron chi connectivity index (χ1n) is 8.00. The van der Waals surface area contributed by atoms with E-state index in [1.807, 2.05) is 6.07 Å². The molecule has 1 aromatic heterocycles. The van der Waals surface area contributed by atoms with Crippen molar-refractivity contribution >= 4 is 0 Å². The molecule has 4 saturated carbocycles. The molecule has 0 spiro atoms. The minimum atomic E-state index is 0.0913. The minimum Gasteiger partial charge on any atom is -0.481 e. The summed E-state index contributed by atoms with van der Waals surface area (Å²) >= 11 is 0. The number of nitrogens with zero attached hydrogens (tertiary/aromatic N) is 1. The van der Waals surface area contributed by atoms with Crippen molar-refractivity contribution in [3.05, 3.63) is 23.9 Å². The molecule has 4 bridgehead atoms. The van der Waals surface area contributed by atoms with Gasteiger partial charge in [-0.25, -0.2) is 4.98 Å². The minimum absolute atomic E-state index is 0.0913. The fourth-order valence-corrected chi connectivity index (χ4v) is 5.59. The molecule has 2 N–H and O–H groups in total. The van der Waals surface area contributed by atoms with Crippen molar-refractivity contribution in [2.75, 3.05) is 7.11 Å². The Morgan fingerprint density at radius 3 is 2.40 bits per heavy atom. The van der Waals surface area contributed by atoms with Gasteiger partial charge in [0.25, 0.3) is 0 Å². The number of pyridine rings is 1. The molecule has 0 amide bonds. The summed E-state index contributed by atoms with van der Waals surface area (Å²) in [6.07, 6.45) is 8.92. The van der Waals surface area contributed by atoms with Crippen LogP contribution in [0, 0.1) is 29.6 Å². The maximum absolute atomic E-state index is 6.68. The summed E-state index contributed by atoms with van der Waals surface area (Å²) in [5.41, 5.74) is 7.78. The summed E-state index contributed by atoms with van der Waals surface area (Å²) in [4.78, 5) is 4.33. The molecule has 0 aliphatic heterocycles. The van der Waals surface area contributed by atoms with Gasteiger partial charge in [0.05, 0.1) is 7.11 Å². The smallest absolute Gasteiger partial charge is 0.217 e. The highest BCUT2D eigenvalue weighted by Gasteiger charge is 2.50. The molecule has 5 rings (SSSR count). The van der Waals surface area contributed by atoms with Crippen molar-refractivity contribution in [1.29, 1.82) is 0 Å². The van der Waals surface area contributed by atoms with Gasteiger partial charge in [-0.05, 0) is 67.8 Å². The Kier molecular flexibility index (Phi) is 2.99. The first-order chi connectivity index (χ1) is 9.76. The topological polar surface area (TPSA) is 48.1 Å². The van der Waals surface area contributed by atoms with Crippen molar-refractivity contribution in [2.45, 2.75) is 38.1 Å². The van der Waals surface area contributed by atoms with Crippen LogP contribution >= 0.6 is 0 Å². The normalized spacial score (nSPS) is 39.8. The molecular formula is C17H24N2O. The van der Waals surface area contributed by atoms with Gasteiger partial charge in [0.2, 0.25) is 5.88 Å². The number of rotatable bonds is 3. The van der Waals surface area contributed by atoms with E-state index in [2.05, 4.69) is 11.1 Å². The predicted octanol–water partition coefficient (Wildman–Crippen LogP) is 3.16. The average molecular weight is 272 g/mol. The zero-order chi connectivity index (χ0) is 13.7. The lowest BCUT2D eigenvalue weighted by Crippen LogP contribution is -2.48. The van der Waals surface area contributed by atoms with E-state index in [9.17, 15) is 0 Å². The van der Waals surface area contributed by atoms with Crippen molar-refractivity contribution in [2.24, 2.45) is 35.3 Å². The maximum atomic E-state index is 6.68. The maximum Gasteiger partial charge on any atom is 0.217 e. The number of methoxy groups -OCH3 is 1. The second kappa shape index (κ2) is 4.73. The summed E-state index contributed by atoms with van der Waals surface area (Å²) in [6, 6.07) is 4.17. The van der Waals surface area contributed by atoms with Gasteiger partial charge in [-0.1, -0.05) is 6.07 Å². The summed E-state index contributed by atoms with van der Waals surface area (Å²) in [5.74, 6) is 5.03. The van der Waals surface area contributed by atoms with Crippen molar-refractivity contribution < 1.29 is 4.74 Å². The largest absolute Gasteiger partial charge is 0.481 e. The highest BCUT2D eigenvalue weighted by molar-refractivity contribution is 5.30. The van der Waals surface area contributed by atoms with Crippen molar-refractivity contribution in [3.63, 3.8) is 0 Å². The van der Waals surface area contributed by atoms with Gasteiger partial charge in [0.15, 0.2) is 0 Å². The van der Waals surface area contributed by atoms with E-state index in [1.165, 1.54) is 32.1 Å². The third kappa shape index (κ3) is 1.86. The molecule has 3 heteroatoms. The Morgan fingerprint density at radius 2 is 1.80 bits per heavy atom. The Morgan fingerprint density at radius 1 is 1.15 bits per heavy atom. The van der Waals surface area contributed by atoms with Crippen molar-refractivity contribution in [1.82, 2.24) is 4.98 Å². The van der Waals surface area contributed by atoms with Gasteiger partial charge in [-0.3, -0.25) is 0 Å². The Bertz CT molecular complexity index is 474. The van der Waals surface area contributed by atoms with Crippen LogP contribution in [0.2, 0.25) is 0 Å². The van der Waals surface area contributed by atoms with Crippen LogP contribution in [0.15, 0.2) is 18.3 Å². The van der Waals surface area contributed by atoms with E-state index in [4.69, 9.17) is 10.5 Å². The van der Waals surface area contributed by atoms with Crippen LogP contribution in [-0.2, 0) is 0 Å². The molecule has 1 aromatic rings. The van der Waals surface area contributed by atoms with Crippen LogP contribution in [-0.4, -0.2) is 12.1 Å². The lowest BCUT2D eigenvalue weighted by Gasteiger charge is -2.56. The summed E-state index contributed by atoms with van der Waals surface area (Å²) in [6.45, 7) is 0. The first kappa shape index (κ1) is 12.6. The van der Waals surface area contributed by atoms with E-state index in [1.54, 1.807) is 13.3 Å². The molecule has 4 fully saturated rings. The van der Waals surface area contributed by atoms with Crippen LogP contribution in [0.3, 0.4) is 0 Å². The number of nitrogens with two attached hydrogens (primary N) is 1. The van der Waals surface area contributed by atoms with Crippen molar-refractivity contribution in [3.8, 4) is 5.88 Å². The fourth-order valence-electron chi connectivity index (χ4n) is 5.59. The summed E-state index contributed by atoms with van der Waals surface area (Å²) in [7, 11) is 1.69. The zero-order valence-electron chi connectivity index (χ0n) is 12.2. The molecule has 1 atom stereocenters. The van der Waals surface area contributed by atoms with Gasteiger partial charge in [0.1, 0.15) is 0 Å². The summed E-state index contributed by atoms with van der Waals surface area (Å²) in [5, 5.41) is 0. The monoisotopic (exact) mass is 272 g/mol. The first-order valence-corrected chi connectivity index (χ1v) is 8.00. The second-order valence-corrected chi connectivity index (χ2v) is 7.14. The molecular weight excluding hydrogens is 248 g/mol. The molecule has 108 valence electrons. The third-order valence-corrected chi connectivity index (χ3v) is 6.07. The third-order valence-electron chi connectivity index (χ3n) is 6.07. The number of hydrogen-bond acceptors (Lipinski definition) is 3. The number of hydrogen-bond donors (Lipinski definition) is 1. The van der Waals surface area contributed by atoms with E-state index >= 15 is 0 Å². The van der Waals surface area contributed by atoms with Gasteiger partial charge in [-0.2, -0.15) is 0 Å². The molecule has 20 heavy (non-hydrogen) atoms. The molecule has 1 unspecified atom stereocenters. The van der Waals surface area contributed by atoms with Crippen LogP contribution < -0.4 is 10.5 Å².